The summed E-state index contributed by atoms with van der Waals surface area (Å²) in [7, 11) is -3.44. The van der Waals surface area contributed by atoms with Gasteiger partial charge in [-0.2, -0.15) is 0 Å². The lowest BCUT2D eigenvalue weighted by Gasteiger charge is -2.14. The fourth-order valence-electron chi connectivity index (χ4n) is 3.03. The van der Waals surface area contributed by atoms with Crippen LogP contribution in [0.1, 0.15) is 26.2 Å². The second-order valence-corrected chi connectivity index (χ2v) is 7.40. The van der Waals surface area contributed by atoms with Crippen LogP contribution in [0, 0.1) is 5.92 Å². The molecule has 0 aromatic heterocycles. The van der Waals surface area contributed by atoms with Crippen LogP contribution in [0.2, 0.25) is 0 Å². The molecule has 2 aromatic carbocycles. The van der Waals surface area contributed by atoms with E-state index in [2.05, 4.69) is 11.6 Å². The molecule has 3 nitrogen and oxygen atoms in total. The van der Waals surface area contributed by atoms with Crippen LogP contribution in [0.3, 0.4) is 0 Å². The average molecular weight is 289 g/mol. The van der Waals surface area contributed by atoms with Gasteiger partial charge < -0.3 is 0 Å². The Morgan fingerprint density at radius 1 is 1.05 bits per heavy atom. The molecule has 20 heavy (non-hydrogen) atoms. The Morgan fingerprint density at radius 2 is 1.80 bits per heavy atom. The smallest absolute Gasteiger partial charge is 0.208 e. The highest BCUT2D eigenvalue weighted by Gasteiger charge is 2.27. The molecule has 0 aliphatic heterocycles. The summed E-state index contributed by atoms with van der Waals surface area (Å²) in [5.74, 6) is 0.607. The summed E-state index contributed by atoms with van der Waals surface area (Å²) < 4.78 is 28.1. The van der Waals surface area contributed by atoms with E-state index in [1.807, 2.05) is 30.3 Å². The van der Waals surface area contributed by atoms with E-state index < -0.39 is 10.0 Å². The van der Waals surface area contributed by atoms with E-state index in [0.717, 1.165) is 30.0 Å². The summed E-state index contributed by atoms with van der Waals surface area (Å²) in [5.41, 5.74) is 0. The van der Waals surface area contributed by atoms with Crippen LogP contribution in [-0.4, -0.2) is 14.5 Å². The molecule has 106 valence electrons. The average Bonchev–Trinajstić information content (AvgIpc) is 2.82. The van der Waals surface area contributed by atoms with Crippen molar-refractivity contribution in [3.05, 3.63) is 42.5 Å². The van der Waals surface area contributed by atoms with Gasteiger partial charge in [-0.25, -0.2) is 13.1 Å². The van der Waals surface area contributed by atoms with Crippen molar-refractivity contribution in [3.8, 4) is 0 Å². The van der Waals surface area contributed by atoms with Gasteiger partial charge in [0.05, 0.1) is 4.90 Å². The van der Waals surface area contributed by atoms with Gasteiger partial charge in [0, 0.05) is 11.4 Å². The Labute approximate surface area is 120 Å². The molecule has 1 aliphatic carbocycles. The summed E-state index contributed by atoms with van der Waals surface area (Å²) in [6.07, 6.45) is 2.97. The van der Waals surface area contributed by atoms with Crippen LogP contribution in [0.5, 0.6) is 0 Å². The molecule has 0 radical (unpaired) electrons. The minimum absolute atomic E-state index is 0.0777. The molecular formula is C16H19NO2S. The highest BCUT2D eigenvalue weighted by Crippen LogP contribution is 2.28. The quantitative estimate of drug-likeness (QED) is 0.942. The van der Waals surface area contributed by atoms with Crippen molar-refractivity contribution in [2.75, 3.05) is 0 Å². The molecule has 1 fully saturated rings. The monoisotopic (exact) mass is 289 g/mol. The van der Waals surface area contributed by atoms with Crippen molar-refractivity contribution in [2.45, 2.75) is 37.1 Å². The molecule has 0 saturated heterocycles. The van der Waals surface area contributed by atoms with Gasteiger partial charge >= 0.3 is 0 Å². The second-order valence-electron chi connectivity index (χ2n) is 5.71. The highest BCUT2D eigenvalue weighted by atomic mass is 32.2. The molecule has 0 heterocycles. The minimum atomic E-state index is -3.44. The Morgan fingerprint density at radius 3 is 2.55 bits per heavy atom. The minimum Gasteiger partial charge on any atom is -0.208 e. The van der Waals surface area contributed by atoms with Crippen molar-refractivity contribution >= 4 is 20.8 Å². The first-order chi connectivity index (χ1) is 9.56. The lowest BCUT2D eigenvalue weighted by molar-refractivity contribution is 0.539. The van der Waals surface area contributed by atoms with Gasteiger partial charge in [0.1, 0.15) is 0 Å². The number of hydrogen-bond donors (Lipinski definition) is 1. The topological polar surface area (TPSA) is 46.2 Å². The van der Waals surface area contributed by atoms with Gasteiger partial charge in [0.25, 0.3) is 0 Å². The molecule has 0 spiro atoms. The van der Waals surface area contributed by atoms with Crippen molar-refractivity contribution in [3.63, 3.8) is 0 Å². The Kier molecular flexibility index (Phi) is 3.52. The van der Waals surface area contributed by atoms with E-state index in [4.69, 9.17) is 0 Å². The van der Waals surface area contributed by atoms with Crippen LogP contribution in [0.25, 0.3) is 10.8 Å². The Balaban J connectivity index is 1.97. The third kappa shape index (κ3) is 2.58. The maximum Gasteiger partial charge on any atom is 0.241 e. The van der Waals surface area contributed by atoms with Gasteiger partial charge in [0.15, 0.2) is 0 Å². The first-order valence-electron chi connectivity index (χ1n) is 7.06. The third-order valence-electron chi connectivity index (χ3n) is 4.06. The number of benzene rings is 2. The second kappa shape index (κ2) is 5.19. The Hall–Kier alpha value is -1.39. The van der Waals surface area contributed by atoms with Crippen LogP contribution in [-0.2, 0) is 10.0 Å². The first kappa shape index (κ1) is 13.6. The molecule has 3 rings (SSSR count). The fourth-order valence-corrected chi connectivity index (χ4v) is 4.54. The van der Waals surface area contributed by atoms with E-state index in [-0.39, 0.29) is 6.04 Å². The molecule has 2 unspecified atom stereocenters. The molecule has 2 aromatic rings. The third-order valence-corrected chi connectivity index (χ3v) is 5.63. The maximum atomic E-state index is 12.6. The van der Waals surface area contributed by atoms with E-state index in [9.17, 15) is 8.42 Å². The molecule has 0 amide bonds. The van der Waals surface area contributed by atoms with Crippen LogP contribution in [0.15, 0.2) is 47.4 Å². The molecular weight excluding hydrogens is 270 g/mol. The van der Waals surface area contributed by atoms with Gasteiger partial charge in [-0.1, -0.05) is 43.3 Å². The number of rotatable bonds is 3. The van der Waals surface area contributed by atoms with E-state index >= 15 is 0 Å². The summed E-state index contributed by atoms with van der Waals surface area (Å²) in [5, 5.41) is 1.74. The summed E-state index contributed by atoms with van der Waals surface area (Å²) in [4.78, 5) is 0.384. The van der Waals surface area contributed by atoms with Crippen LogP contribution in [0.4, 0.5) is 0 Å². The van der Waals surface area contributed by atoms with E-state index in [1.165, 1.54) is 0 Å². The number of nitrogens with one attached hydrogen (secondary N) is 1. The van der Waals surface area contributed by atoms with Gasteiger partial charge in [0.2, 0.25) is 10.0 Å². The van der Waals surface area contributed by atoms with E-state index in [1.54, 1.807) is 12.1 Å². The van der Waals surface area contributed by atoms with Gasteiger partial charge in [-0.15, -0.1) is 0 Å². The number of fused-ring (bicyclic) bond motifs is 1. The normalized spacial score (nSPS) is 23.2. The molecule has 4 heteroatoms. The van der Waals surface area contributed by atoms with Crippen molar-refractivity contribution in [1.29, 1.82) is 0 Å². The highest BCUT2D eigenvalue weighted by molar-refractivity contribution is 7.89. The van der Waals surface area contributed by atoms with E-state index in [0.29, 0.717) is 10.8 Å². The predicted molar refractivity (Wildman–Crippen MR) is 81.1 cm³/mol. The summed E-state index contributed by atoms with van der Waals surface area (Å²) in [6.45, 7) is 2.17. The predicted octanol–water partition coefficient (Wildman–Crippen LogP) is 3.31. The van der Waals surface area contributed by atoms with Crippen LogP contribution < -0.4 is 4.72 Å². The lowest BCUT2D eigenvalue weighted by atomic mass is 10.1. The molecule has 0 bridgehead atoms. The number of sulfonamides is 1. The zero-order valence-corrected chi connectivity index (χ0v) is 12.4. The Bertz CT molecular complexity index is 719. The largest absolute Gasteiger partial charge is 0.241 e. The molecule has 2 atom stereocenters. The fraction of sp³-hybridized carbons (Fsp3) is 0.375. The van der Waals surface area contributed by atoms with Gasteiger partial charge in [-0.3, -0.25) is 0 Å². The lowest BCUT2D eigenvalue weighted by Crippen LogP contribution is -2.33. The maximum absolute atomic E-state index is 12.6. The van der Waals surface area contributed by atoms with Crippen LogP contribution >= 0.6 is 0 Å². The first-order valence-corrected chi connectivity index (χ1v) is 8.55. The SMILES string of the molecule is CC1CCC(NS(=O)(=O)c2cccc3ccccc23)C1. The molecule has 1 saturated carbocycles. The summed E-state index contributed by atoms with van der Waals surface area (Å²) >= 11 is 0. The zero-order valence-electron chi connectivity index (χ0n) is 11.5. The standard InChI is InChI=1S/C16H19NO2S/c1-12-9-10-14(11-12)17-20(18,19)16-8-4-6-13-5-2-3-7-15(13)16/h2-8,12,14,17H,9-11H2,1H3. The van der Waals surface area contributed by atoms with Gasteiger partial charge in [-0.05, 0) is 36.6 Å². The molecule has 1 N–H and O–H groups in total. The van der Waals surface area contributed by atoms with Crippen molar-refractivity contribution in [2.24, 2.45) is 5.92 Å². The summed E-state index contributed by atoms with van der Waals surface area (Å²) in [6, 6.07) is 13.1. The van der Waals surface area contributed by atoms with Crippen molar-refractivity contribution in [1.82, 2.24) is 4.72 Å². The molecule has 1 aliphatic rings. The number of hydrogen-bond acceptors (Lipinski definition) is 2. The van der Waals surface area contributed by atoms with Crippen molar-refractivity contribution < 1.29 is 8.42 Å². The zero-order chi connectivity index (χ0) is 14.2.